The fraction of sp³-hybridized carbons (Fsp3) is 0.452. The minimum Gasteiger partial charge on any atom is -0.343 e. The number of amidine groups is 1. The van der Waals surface area contributed by atoms with E-state index < -0.39 is 0 Å². The standard InChI is InChI=1S/C31H39N3O2/c1-4-6-18-34(17-5-2)31(36)27-19-26-16-15-25(20-28(26)33-29(21-27)32-3)22-11-13-24(14-12-22)30(35)23-9-7-8-10-23/h11-16,19-20,23H,4-10,17-18,21H2,1-3H3,(H,32,33). The van der Waals surface area contributed by atoms with Gasteiger partial charge < -0.3 is 10.2 Å². The van der Waals surface area contributed by atoms with E-state index in [4.69, 9.17) is 0 Å². The van der Waals surface area contributed by atoms with Gasteiger partial charge in [0.25, 0.3) is 0 Å². The molecule has 1 aliphatic carbocycles. The van der Waals surface area contributed by atoms with Crippen LogP contribution in [0.15, 0.2) is 53.0 Å². The number of carbonyl (C=O) groups excluding carboxylic acids is 2. The van der Waals surface area contributed by atoms with Crippen LogP contribution in [0.1, 0.15) is 81.1 Å². The number of Topliss-reactive ketones (excluding diaryl/α,β-unsaturated/α-hetero) is 1. The van der Waals surface area contributed by atoms with Crippen LogP contribution in [0.3, 0.4) is 0 Å². The number of benzene rings is 2. The van der Waals surface area contributed by atoms with Crippen LogP contribution in [0.5, 0.6) is 0 Å². The molecule has 1 aliphatic heterocycles. The fourth-order valence-corrected chi connectivity index (χ4v) is 5.25. The summed E-state index contributed by atoms with van der Waals surface area (Å²) in [6.45, 7) is 5.83. The summed E-state index contributed by atoms with van der Waals surface area (Å²) in [5.74, 6) is 1.37. The Bertz CT molecular complexity index is 1140. The van der Waals surface area contributed by atoms with Crippen molar-refractivity contribution in [3.63, 3.8) is 0 Å². The van der Waals surface area contributed by atoms with Gasteiger partial charge in [-0.25, -0.2) is 0 Å². The van der Waals surface area contributed by atoms with E-state index in [1.54, 1.807) is 7.05 Å². The number of nitrogens with zero attached hydrogens (tertiary/aromatic N) is 2. The molecule has 2 aromatic carbocycles. The van der Waals surface area contributed by atoms with Gasteiger partial charge in [-0.3, -0.25) is 14.6 Å². The van der Waals surface area contributed by atoms with Crippen molar-refractivity contribution in [1.82, 2.24) is 4.90 Å². The first-order valence-electron chi connectivity index (χ1n) is 13.5. The zero-order valence-electron chi connectivity index (χ0n) is 22.0. The fourth-order valence-electron chi connectivity index (χ4n) is 5.25. The van der Waals surface area contributed by atoms with Crippen molar-refractivity contribution in [3.05, 3.63) is 59.2 Å². The van der Waals surface area contributed by atoms with Crippen LogP contribution in [0.4, 0.5) is 5.69 Å². The maximum absolute atomic E-state index is 13.4. The lowest BCUT2D eigenvalue weighted by molar-refractivity contribution is -0.127. The number of ketones is 1. The van der Waals surface area contributed by atoms with Crippen LogP contribution >= 0.6 is 0 Å². The number of carbonyl (C=O) groups is 2. The molecule has 5 nitrogen and oxygen atoms in total. The molecule has 1 N–H and O–H groups in total. The highest BCUT2D eigenvalue weighted by Crippen LogP contribution is 2.32. The van der Waals surface area contributed by atoms with Gasteiger partial charge in [0.15, 0.2) is 5.78 Å². The first-order valence-corrected chi connectivity index (χ1v) is 13.5. The number of rotatable bonds is 9. The second kappa shape index (κ2) is 12.2. The summed E-state index contributed by atoms with van der Waals surface area (Å²) in [5.41, 5.74) is 5.64. The van der Waals surface area contributed by atoms with E-state index in [2.05, 4.69) is 42.4 Å². The number of fused-ring (bicyclic) bond motifs is 1. The minimum atomic E-state index is 0.104. The third-order valence-electron chi connectivity index (χ3n) is 7.36. The van der Waals surface area contributed by atoms with E-state index in [1.807, 2.05) is 35.2 Å². The zero-order chi connectivity index (χ0) is 25.5. The average Bonchev–Trinajstić information content (AvgIpc) is 3.38. The maximum Gasteiger partial charge on any atom is 0.250 e. The molecule has 0 aromatic heterocycles. The van der Waals surface area contributed by atoms with Gasteiger partial charge in [-0.2, -0.15) is 0 Å². The van der Waals surface area contributed by atoms with Crippen LogP contribution in [-0.2, 0) is 4.79 Å². The molecule has 0 spiro atoms. The largest absolute Gasteiger partial charge is 0.343 e. The molecule has 1 fully saturated rings. The van der Waals surface area contributed by atoms with Crippen molar-refractivity contribution in [3.8, 4) is 11.1 Å². The molecule has 0 radical (unpaired) electrons. The highest BCUT2D eigenvalue weighted by atomic mass is 16.2. The Balaban J connectivity index is 1.59. The summed E-state index contributed by atoms with van der Waals surface area (Å²) in [6, 6.07) is 14.3. The topological polar surface area (TPSA) is 61.8 Å². The molecule has 2 aliphatic rings. The molecule has 0 bridgehead atoms. The quantitative estimate of drug-likeness (QED) is 0.389. The third-order valence-corrected chi connectivity index (χ3v) is 7.36. The van der Waals surface area contributed by atoms with Gasteiger partial charge in [-0.05, 0) is 54.5 Å². The van der Waals surface area contributed by atoms with Gasteiger partial charge in [0, 0.05) is 49.3 Å². The van der Waals surface area contributed by atoms with Gasteiger partial charge in [0.05, 0.1) is 0 Å². The molecule has 36 heavy (non-hydrogen) atoms. The Morgan fingerprint density at radius 3 is 2.36 bits per heavy atom. The summed E-state index contributed by atoms with van der Waals surface area (Å²) in [5, 5.41) is 3.46. The van der Waals surface area contributed by atoms with E-state index in [0.717, 1.165) is 97.4 Å². The lowest BCUT2D eigenvalue weighted by Crippen LogP contribution is -2.34. The highest BCUT2D eigenvalue weighted by Gasteiger charge is 2.24. The average molecular weight is 486 g/mol. The summed E-state index contributed by atoms with van der Waals surface area (Å²) in [7, 11) is 1.76. The Morgan fingerprint density at radius 2 is 1.69 bits per heavy atom. The molecule has 1 amide bonds. The van der Waals surface area contributed by atoms with E-state index in [-0.39, 0.29) is 17.6 Å². The molecular weight excluding hydrogens is 446 g/mol. The second-order valence-electron chi connectivity index (χ2n) is 10.0. The second-order valence-corrected chi connectivity index (χ2v) is 10.0. The lowest BCUT2D eigenvalue weighted by atomic mass is 9.94. The molecule has 0 unspecified atom stereocenters. The zero-order valence-corrected chi connectivity index (χ0v) is 22.0. The van der Waals surface area contributed by atoms with Crippen molar-refractivity contribution in [2.75, 3.05) is 25.5 Å². The van der Waals surface area contributed by atoms with Gasteiger partial charge in [0.1, 0.15) is 5.84 Å². The molecule has 1 saturated carbocycles. The van der Waals surface area contributed by atoms with E-state index in [0.29, 0.717) is 6.42 Å². The lowest BCUT2D eigenvalue weighted by Gasteiger charge is -2.23. The molecule has 0 saturated heterocycles. The van der Waals surface area contributed by atoms with Gasteiger partial charge in [0.2, 0.25) is 5.91 Å². The molecule has 2 aromatic rings. The number of anilines is 1. The van der Waals surface area contributed by atoms with Crippen LogP contribution < -0.4 is 5.32 Å². The van der Waals surface area contributed by atoms with E-state index >= 15 is 0 Å². The molecule has 190 valence electrons. The summed E-state index contributed by atoms with van der Waals surface area (Å²) in [4.78, 5) is 32.6. The van der Waals surface area contributed by atoms with Crippen molar-refractivity contribution in [2.24, 2.45) is 10.9 Å². The van der Waals surface area contributed by atoms with Gasteiger partial charge in [-0.1, -0.05) is 69.5 Å². The number of unbranched alkanes of at least 4 members (excludes halogenated alkanes) is 1. The number of hydrogen-bond acceptors (Lipinski definition) is 3. The van der Waals surface area contributed by atoms with Gasteiger partial charge in [-0.15, -0.1) is 0 Å². The smallest absolute Gasteiger partial charge is 0.250 e. The van der Waals surface area contributed by atoms with E-state index in [1.165, 1.54) is 0 Å². The summed E-state index contributed by atoms with van der Waals surface area (Å²) < 4.78 is 0. The van der Waals surface area contributed by atoms with Crippen LogP contribution in [0.25, 0.3) is 17.2 Å². The molecule has 5 heteroatoms. The maximum atomic E-state index is 13.4. The third kappa shape index (κ3) is 5.95. The Labute approximate surface area is 215 Å². The number of aliphatic imine (C=N–C) groups is 1. The van der Waals surface area contributed by atoms with Crippen molar-refractivity contribution >= 4 is 29.3 Å². The highest BCUT2D eigenvalue weighted by molar-refractivity contribution is 6.10. The first-order chi connectivity index (χ1) is 17.5. The normalized spacial score (nSPS) is 16.8. The van der Waals surface area contributed by atoms with E-state index in [9.17, 15) is 9.59 Å². The molecular formula is C31H39N3O2. The van der Waals surface area contributed by atoms with Crippen molar-refractivity contribution < 1.29 is 9.59 Å². The Kier molecular flexibility index (Phi) is 8.74. The van der Waals surface area contributed by atoms with Gasteiger partial charge >= 0.3 is 0 Å². The Morgan fingerprint density at radius 1 is 0.972 bits per heavy atom. The summed E-state index contributed by atoms with van der Waals surface area (Å²) in [6.07, 6.45) is 9.90. The van der Waals surface area contributed by atoms with Crippen LogP contribution in [0, 0.1) is 5.92 Å². The van der Waals surface area contributed by atoms with Crippen molar-refractivity contribution in [2.45, 2.75) is 65.2 Å². The molecule has 1 heterocycles. The minimum absolute atomic E-state index is 0.104. The number of hydrogen-bond donors (Lipinski definition) is 1. The van der Waals surface area contributed by atoms with Crippen LogP contribution in [-0.4, -0.2) is 42.6 Å². The predicted octanol–water partition coefficient (Wildman–Crippen LogP) is 6.99. The monoisotopic (exact) mass is 485 g/mol. The summed E-state index contributed by atoms with van der Waals surface area (Å²) >= 11 is 0. The number of amides is 1. The van der Waals surface area contributed by atoms with Crippen LogP contribution in [0.2, 0.25) is 0 Å². The number of nitrogens with one attached hydrogen (secondary N) is 1. The predicted molar refractivity (Wildman–Crippen MR) is 150 cm³/mol. The molecule has 0 atom stereocenters. The molecule has 4 rings (SSSR count). The first kappa shape index (κ1) is 25.9. The Hall–Kier alpha value is -3.21. The SMILES string of the molecule is CCCCN(CCC)C(=O)C1=Cc2ccc(-c3ccc(C(=O)C4CCCC4)cc3)cc2NC(=NC)C1. The van der Waals surface area contributed by atoms with Crippen molar-refractivity contribution in [1.29, 1.82) is 0 Å².